The van der Waals surface area contributed by atoms with Crippen LogP contribution in [0.2, 0.25) is 9.56 Å². The van der Waals surface area contributed by atoms with Crippen LogP contribution in [0.25, 0.3) is 0 Å². The molecule has 0 aromatic heterocycles. The van der Waals surface area contributed by atoms with Gasteiger partial charge in [0.25, 0.3) is 5.85 Å². The van der Waals surface area contributed by atoms with Crippen LogP contribution in [0.4, 0.5) is 65.9 Å². The van der Waals surface area contributed by atoms with E-state index >= 15 is 22.0 Å². The van der Waals surface area contributed by atoms with Crippen molar-refractivity contribution in [3.05, 3.63) is 117 Å². The van der Waals surface area contributed by atoms with Crippen LogP contribution < -0.4 is 9.31 Å². The van der Waals surface area contributed by atoms with Crippen LogP contribution in [0, 0.1) is 58.2 Å². The maximum atomic E-state index is 16.4. The van der Waals surface area contributed by atoms with Crippen LogP contribution in [0.5, 0.6) is 11.5 Å². The van der Waals surface area contributed by atoms with Crippen LogP contribution in [0.1, 0.15) is 33.3 Å². The predicted octanol–water partition coefficient (Wildman–Crippen LogP) is 10.3. The maximum absolute atomic E-state index is 16.4. The van der Waals surface area contributed by atoms with E-state index in [2.05, 4.69) is 9.31 Å². The lowest BCUT2D eigenvalue weighted by molar-refractivity contribution is -0.0645. The molecular weight excluding hydrogens is 759 g/mol. The number of halogens is 15. The normalized spacial score (nSPS) is 19.2. The molecule has 0 saturated heterocycles. The minimum atomic E-state index is -4.64. The van der Waals surface area contributed by atoms with Gasteiger partial charge in [-0.25, -0.2) is 43.9 Å². The Morgan fingerprint density at radius 3 is 1.23 bits per heavy atom. The second kappa shape index (κ2) is 15.3. The van der Waals surface area contributed by atoms with Crippen molar-refractivity contribution in [3.8, 4) is 11.5 Å². The van der Waals surface area contributed by atoms with Crippen molar-refractivity contribution in [2.24, 2.45) is 0 Å². The zero-order valence-electron chi connectivity index (χ0n) is 26.7. The fourth-order valence-electron chi connectivity index (χ4n) is 5.15. The lowest BCUT2D eigenvalue weighted by atomic mass is 9.84. The Labute approximate surface area is 289 Å². The molecular formula is C31H21AlBF15O4. The minimum Gasteiger partial charge on any atom is -0.496 e. The zero-order chi connectivity index (χ0) is 39.2. The largest absolute Gasteiger partial charge is 0.789 e. The fraction of sp³-hybridized carbons (Fsp3) is 0.290. The van der Waals surface area contributed by atoms with Crippen molar-refractivity contribution in [2.45, 2.75) is 55.1 Å². The molecule has 0 aliphatic heterocycles. The Morgan fingerprint density at radius 1 is 0.538 bits per heavy atom. The van der Waals surface area contributed by atoms with Gasteiger partial charge < -0.3 is 17.8 Å². The third kappa shape index (κ3) is 7.11. The summed E-state index contributed by atoms with van der Waals surface area (Å²) in [5, 5.41) is 0. The summed E-state index contributed by atoms with van der Waals surface area (Å²) in [5.41, 5.74) is -4.58. The molecule has 1 aliphatic rings. The summed E-state index contributed by atoms with van der Waals surface area (Å²) in [6, 6.07) is 5.64. The Kier molecular flexibility index (Phi) is 12.0. The van der Waals surface area contributed by atoms with Gasteiger partial charge in [-0.15, -0.1) is 0 Å². The third-order valence-corrected chi connectivity index (χ3v) is 10.9. The monoisotopic (exact) mass is 780 g/mol. The van der Waals surface area contributed by atoms with Crippen LogP contribution in [0.3, 0.4) is 0 Å². The molecule has 0 spiro atoms. The Balaban J connectivity index is 2.01. The first-order valence-electron chi connectivity index (χ1n) is 14.7. The number of rotatable bonds is 12. The summed E-state index contributed by atoms with van der Waals surface area (Å²) in [5.74, 6) is -49.5. The van der Waals surface area contributed by atoms with Crippen LogP contribution >= 0.6 is 0 Å². The van der Waals surface area contributed by atoms with Gasteiger partial charge in [-0.3, -0.25) is 0 Å². The summed E-state index contributed by atoms with van der Waals surface area (Å²) in [4.78, 5) is 0. The molecule has 280 valence electrons. The van der Waals surface area contributed by atoms with Gasteiger partial charge in [0, 0.05) is 6.42 Å². The van der Waals surface area contributed by atoms with Crippen LogP contribution in [-0.4, -0.2) is 33.3 Å². The van der Waals surface area contributed by atoms with Gasteiger partial charge in [-0.05, 0) is 5.56 Å². The zero-order valence-corrected chi connectivity index (χ0v) is 27.9. The van der Waals surface area contributed by atoms with Crippen molar-refractivity contribution in [2.75, 3.05) is 0 Å². The molecule has 4 nitrogen and oxygen atoms in total. The Morgan fingerprint density at radius 2 is 0.885 bits per heavy atom. The minimum absolute atomic E-state index is 0.386. The van der Waals surface area contributed by atoms with Crippen molar-refractivity contribution in [1.29, 1.82) is 0 Å². The van der Waals surface area contributed by atoms with Crippen molar-refractivity contribution in [1.82, 2.24) is 0 Å². The number of hydrogen-bond acceptors (Lipinski definition) is 4. The van der Waals surface area contributed by atoms with Gasteiger partial charge in [0.15, 0.2) is 28.8 Å². The summed E-state index contributed by atoms with van der Waals surface area (Å²) < 4.78 is 240. The van der Waals surface area contributed by atoms with Crippen molar-refractivity contribution >= 4 is 21.8 Å². The molecule has 4 rings (SSSR count). The van der Waals surface area contributed by atoms with E-state index in [4.69, 9.17) is 8.44 Å². The van der Waals surface area contributed by atoms with Crippen molar-refractivity contribution in [3.63, 3.8) is 0 Å². The second-order valence-corrected chi connectivity index (χ2v) is 15.7. The number of hydrogen-bond donors (Lipinski definition) is 0. The molecule has 0 fully saturated rings. The van der Waals surface area contributed by atoms with Gasteiger partial charge in [0.05, 0.1) is 0 Å². The van der Waals surface area contributed by atoms with Gasteiger partial charge in [-0.1, -0.05) is 67.6 Å². The molecule has 0 unspecified atom stereocenters. The topological polar surface area (TPSA) is 36.9 Å². The van der Waals surface area contributed by atoms with E-state index in [1.807, 2.05) is 0 Å². The molecule has 3 aromatic carbocycles. The lowest BCUT2D eigenvalue weighted by Gasteiger charge is -2.40. The number of benzene rings is 3. The van der Waals surface area contributed by atoms with Gasteiger partial charge in [-0.2, -0.15) is 22.0 Å². The van der Waals surface area contributed by atoms with Crippen molar-refractivity contribution < 1.29 is 83.6 Å². The summed E-state index contributed by atoms with van der Waals surface area (Å²) in [6.45, 7) is 5.78. The van der Waals surface area contributed by atoms with Gasteiger partial charge in [0.2, 0.25) is 69.8 Å². The highest BCUT2D eigenvalue weighted by molar-refractivity contribution is 6.55. The fourth-order valence-corrected chi connectivity index (χ4v) is 7.82. The number of alkyl halides is 1. The van der Waals surface area contributed by atoms with E-state index in [9.17, 15) is 43.9 Å². The van der Waals surface area contributed by atoms with Gasteiger partial charge in [0.1, 0.15) is 0 Å². The molecule has 0 amide bonds. The highest BCUT2D eigenvalue weighted by atomic mass is 27.2. The van der Waals surface area contributed by atoms with E-state index in [1.165, 1.54) is 45.9 Å². The summed E-state index contributed by atoms with van der Waals surface area (Å²) in [6.07, 6.45) is -1.56. The molecule has 0 saturated carbocycles. The smallest absolute Gasteiger partial charge is 0.496 e. The molecule has 0 bridgehead atoms. The lowest BCUT2D eigenvalue weighted by Crippen LogP contribution is -2.53. The van der Waals surface area contributed by atoms with Crippen LogP contribution in [0.15, 0.2) is 53.6 Å². The van der Waals surface area contributed by atoms with Crippen LogP contribution in [-0.2, 0) is 14.9 Å². The quantitative estimate of drug-likeness (QED) is 0.0794. The molecule has 0 N–H and O–H groups in total. The molecule has 52 heavy (non-hydrogen) atoms. The van der Waals surface area contributed by atoms with E-state index in [1.54, 1.807) is 0 Å². The first kappa shape index (κ1) is 41.0. The Bertz CT molecular complexity index is 1760. The Hall–Kier alpha value is -3.79. The first-order chi connectivity index (χ1) is 24.1. The maximum Gasteiger partial charge on any atom is 0.789 e. The molecule has 0 atom stereocenters. The van der Waals surface area contributed by atoms with E-state index in [0.717, 1.165) is 12.1 Å². The average molecular weight is 780 g/mol. The molecule has 1 aliphatic carbocycles. The second-order valence-electron chi connectivity index (χ2n) is 11.9. The van der Waals surface area contributed by atoms with Gasteiger partial charge >= 0.3 is 21.8 Å². The highest BCUT2D eigenvalue weighted by Gasteiger charge is 2.63. The summed E-state index contributed by atoms with van der Waals surface area (Å²) >= 11 is -3.15. The molecule has 21 heteroatoms. The van der Waals surface area contributed by atoms with E-state index in [0.29, 0.717) is 0 Å². The highest BCUT2D eigenvalue weighted by Crippen LogP contribution is 2.53. The standard InChI is InChI=1S/C25H7BF15O4.2C3H7.Al/c27-8-10(29)14(33)18(15(34)11(8)30)43-26(44-19-16(35)12(31)9(28)13(32)17(19)36)45-24(6-7-4-2-1-3-5-7)20(37)22(39)25(41,42)23(40)21(24)38;2*1-3-2;/h1-5H,6H2;2*3H,1-2H3;/q-1;;;+1. The van der Waals surface area contributed by atoms with E-state index in [-0.39, 0.29) is 5.56 Å². The first-order valence-corrected chi connectivity index (χ1v) is 16.5. The average Bonchev–Trinajstić information content (AvgIpc) is 3.11. The summed E-state index contributed by atoms with van der Waals surface area (Å²) in [7, 11) is -3.86. The molecule has 0 radical (unpaired) electrons. The van der Waals surface area contributed by atoms with E-state index < -0.39 is 142 Å². The predicted molar refractivity (Wildman–Crippen MR) is 153 cm³/mol. The molecule has 3 aromatic rings. The SMILES string of the molecule is C[CH](C)[Al]([O]C1(F)C(F)=C(F)C(Cc2ccccc2)(OB(Oc2c(F)c(F)c(F)c(F)c2F)Oc2c(F)c(F)c(F)c(F)c2F)C(F)=C1F)[CH](C)C. The molecule has 0 heterocycles. The third-order valence-electron chi connectivity index (χ3n) is 7.63.